The summed E-state index contributed by atoms with van der Waals surface area (Å²) in [6.45, 7) is 5.10. The van der Waals surface area contributed by atoms with Crippen molar-refractivity contribution in [1.29, 1.82) is 0 Å². The Morgan fingerprint density at radius 2 is 1.69 bits per heavy atom. The molecule has 1 fully saturated rings. The zero-order valence-corrected chi connectivity index (χ0v) is 23.2. The Morgan fingerprint density at radius 1 is 1.02 bits per heavy atom. The average Bonchev–Trinajstić information content (AvgIpc) is 3.52. The lowest BCUT2D eigenvalue weighted by Gasteiger charge is -2.25. The van der Waals surface area contributed by atoms with E-state index in [4.69, 9.17) is 18.9 Å². The maximum atomic E-state index is 12.9. The summed E-state index contributed by atoms with van der Waals surface area (Å²) in [5, 5.41) is 19.9. The zero-order chi connectivity index (χ0) is 30.7. The van der Waals surface area contributed by atoms with E-state index >= 15 is 0 Å². The molecule has 3 aromatic rings. The van der Waals surface area contributed by atoms with Crippen molar-refractivity contribution in [1.82, 2.24) is 15.5 Å². The number of carbonyl (C=O) groups excluding carboxylic acids is 2. The molecule has 0 saturated carbocycles. The van der Waals surface area contributed by atoms with Gasteiger partial charge in [-0.25, -0.2) is 9.59 Å². The van der Waals surface area contributed by atoms with Crippen molar-refractivity contribution < 1.29 is 46.6 Å². The molecule has 0 bridgehead atoms. The quantitative estimate of drug-likeness (QED) is 0.155. The number of halogens is 3. The molecule has 224 valence electrons. The van der Waals surface area contributed by atoms with E-state index in [1.54, 1.807) is 45.0 Å². The van der Waals surface area contributed by atoms with Crippen LogP contribution in [-0.4, -0.2) is 57.8 Å². The van der Waals surface area contributed by atoms with Crippen molar-refractivity contribution in [3.05, 3.63) is 69.2 Å². The van der Waals surface area contributed by atoms with Crippen LogP contribution in [0.25, 0.3) is 10.6 Å². The van der Waals surface area contributed by atoms with E-state index in [0.29, 0.717) is 16.9 Å². The fraction of sp³-hybridized carbons (Fsp3) is 0.385. The van der Waals surface area contributed by atoms with Gasteiger partial charge < -0.3 is 24.3 Å². The number of nitro benzene ring substituents is 1. The smallest absolute Gasteiger partial charge is 0.429 e. The predicted molar refractivity (Wildman–Crippen MR) is 141 cm³/mol. The number of alkyl halides is 3. The van der Waals surface area contributed by atoms with Gasteiger partial charge in [-0.15, -0.1) is 10.2 Å². The van der Waals surface area contributed by atoms with Crippen LogP contribution in [0.3, 0.4) is 0 Å². The number of carbonyl (C=O) groups is 2. The lowest BCUT2D eigenvalue weighted by molar-refractivity contribution is -0.384. The van der Waals surface area contributed by atoms with Gasteiger partial charge in [0.25, 0.3) is 5.69 Å². The second-order valence-corrected chi connectivity index (χ2v) is 11.1. The molecule has 42 heavy (non-hydrogen) atoms. The minimum absolute atomic E-state index is 0.00124. The Hall–Kier alpha value is -4.31. The van der Waals surface area contributed by atoms with Crippen molar-refractivity contribution in [2.45, 2.75) is 57.2 Å². The first-order valence-corrected chi connectivity index (χ1v) is 13.3. The summed E-state index contributed by atoms with van der Waals surface area (Å²) in [7, 11) is 0. The summed E-state index contributed by atoms with van der Waals surface area (Å²) in [4.78, 5) is 35.3. The lowest BCUT2D eigenvalue weighted by atomic mass is 10.0. The Bertz CT molecular complexity index is 1430. The Labute approximate surface area is 240 Å². The molecule has 2 aromatic carbocycles. The van der Waals surface area contributed by atoms with Crippen LogP contribution in [0.2, 0.25) is 0 Å². The molecule has 0 amide bonds. The predicted octanol–water partition coefficient (Wildman–Crippen LogP) is 5.55. The Balaban J connectivity index is 1.47. The van der Waals surface area contributed by atoms with E-state index in [1.807, 2.05) is 0 Å². The number of nitrogens with zero attached hydrogens (tertiary/aromatic N) is 3. The van der Waals surface area contributed by atoms with E-state index in [1.165, 1.54) is 12.1 Å². The standard InChI is InChI=1S/C26H25F3N4O8S/c1-25(2,3)41-24(35)39-19-13-30-18(20(19)40-23(34)38-17-10-8-16(9-11-17)33(36)37)12-14-4-6-15(7-5-14)21-31-32-22(42-21)26(27,28)29/h4-11,18-20,30H,12-13H2,1-3H3/t18-,19+,20+/m1/s1. The highest BCUT2D eigenvalue weighted by atomic mass is 32.1. The number of rotatable bonds is 7. The number of nitrogens with one attached hydrogen (secondary N) is 1. The van der Waals surface area contributed by atoms with Crippen LogP contribution in [0.15, 0.2) is 48.5 Å². The van der Waals surface area contributed by atoms with Gasteiger partial charge in [-0.05, 0) is 44.9 Å². The largest absolute Gasteiger partial charge is 0.514 e. The summed E-state index contributed by atoms with van der Waals surface area (Å²) < 4.78 is 60.0. The maximum Gasteiger partial charge on any atom is 0.514 e. The van der Waals surface area contributed by atoms with Crippen molar-refractivity contribution in [3.8, 4) is 16.3 Å². The summed E-state index contributed by atoms with van der Waals surface area (Å²) in [5.41, 5.74) is 0.145. The highest BCUT2D eigenvalue weighted by Gasteiger charge is 2.43. The average molecular weight is 611 g/mol. The molecular formula is C26H25F3N4O8S. The monoisotopic (exact) mass is 610 g/mol. The lowest BCUT2D eigenvalue weighted by Crippen LogP contribution is -2.41. The van der Waals surface area contributed by atoms with Crippen molar-refractivity contribution >= 4 is 29.3 Å². The highest BCUT2D eigenvalue weighted by Crippen LogP contribution is 2.35. The molecule has 2 heterocycles. The maximum absolute atomic E-state index is 12.9. The van der Waals surface area contributed by atoms with Gasteiger partial charge in [0, 0.05) is 24.2 Å². The third-order valence-electron chi connectivity index (χ3n) is 5.79. The number of ether oxygens (including phenoxy) is 4. The molecule has 4 rings (SSSR count). The number of benzene rings is 2. The number of hydrogen-bond acceptors (Lipinski definition) is 12. The minimum atomic E-state index is -4.59. The van der Waals surface area contributed by atoms with Crippen LogP contribution >= 0.6 is 11.3 Å². The number of hydrogen-bond donors (Lipinski definition) is 1. The first kappa shape index (κ1) is 30.6. The number of non-ortho nitro benzene ring substituents is 1. The fourth-order valence-electron chi connectivity index (χ4n) is 3.97. The molecule has 0 unspecified atom stereocenters. The molecular weight excluding hydrogens is 585 g/mol. The summed E-state index contributed by atoms with van der Waals surface area (Å²) in [6.07, 6.45) is -8.39. The summed E-state index contributed by atoms with van der Waals surface area (Å²) >= 11 is 0.427. The third-order valence-corrected chi connectivity index (χ3v) is 6.80. The van der Waals surface area contributed by atoms with Crippen LogP contribution in [0.5, 0.6) is 5.75 Å². The fourth-order valence-corrected chi connectivity index (χ4v) is 4.69. The van der Waals surface area contributed by atoms with Gasteiger partial charge in [0.2, 0.25) is 5.01 Å². The van der Waals surface area contributed by atoms with Crippen LogP contribution < -0.4 is 10.1 Å². The van der Waals surface area contributed by atoms with Gasteiger partial charge in [-0.1, -0.05) is 35.6 Å². The summed E-state index contributed by atoms with van der Waals surface area (Å²) in [5.74, 6) is -0.00124. The first-order valence-electron chi connectivity index (χ1n) is 12.4. The van der Waals surface area contributed by atoms with Gasteiger partial charge in [0.15, 0.2) is 12.2 Å². The van der Waals surface area contributed by atoms with E-state index in [2.05, 4.69) is 15.5 Å². The third kappa shape index (κ3) is 8.13. The van der Waals surface area contributed by atoms with Crippen molar-refractivity contribution in [2.24, 2.45) is 0 Å². The Morgan fingerprint density at radius 3 is 2.26 bits per heavy atom. The molecule has 1 saturated heterocycles. The Kier molecular flexibility index (Phi) is 8.96. The van der Waals surface area contributed by atoms with Crippen LogP contribution in [0.4, 0.5) is 28.4 Å². The first-order chi connectivity index (χ1) is 19.7. The molecule has 1 aromatic heterocycles. The second-order valence-electron chi connectivity index (χ2n) is 10.1. The zero-order valence-electron chi connectivity index (χ0n) is 22.4. The molecule has 1 N–H and O–H groups in total. The minimum Gasteiger partial charge on any atom is -0.429 e. The van der Waals surface area contributed by atoms with Gasteiger partial charge in [0.1, 0.15) is 16.4 Å². The SMILES string of the molecule is CC(C)(C)OC(=O)O[C@H]1CN[C@H](Cc2ccc(-c3nnc(C(F)(F)F)s3)cc2)[C@@H]1OC(=O)Oc1ccc([N+](=O)[O-])cc1. The van der Waals surface area contributed by atoms with Gasteiger partial charge in [0.05, 0.1) is 11.0 Å². The van der Waals surface area contributed by atoms with Gasteiger partial charge >= 0.3 is 18.5 Å². The molecule has 0 spiro atoms. The highest BCUT2D eigenvalue weighted by molar-refractivity contribution is 7.14. The normalized spacial score (nSPS) is 18.8. The molecule has 0 radical (unpaired) electrons. The van der Waals surface area contributed by atoms with E-state index in [9.17, 15) is 32.9 Å². The van der Waals surface area contributed by atoms with Gasteiger partial charge in [-0.3, -0.25) is 10.1 Å². The van der Waals surface area contributed by atoms with Crippen molar-refractivity contribution in [3.63, 3.8) is 0 Å². The molecule has 16 heteroatoms. The topological polar surface area (TPSA) is 152 Å². The van der Waals surface area contributed by atoms with Crippen LogP contribution in [0, 0.1) is 10.1 Å². The van der Waals surface area contributed by atoms with Gasteiger partial charge in [-0.2, -0.15) is 13.2 Å². The molecule has 3 atom stereocenters. The van der Waals surface area contributed by atoms with E-state index < -0.39 is 52.3 Å². The molecule has 0 aliphatic carbocycles. The van der Waals surface area contributed by atoms with Crippen LogP contribution in [0.1, 0.15) is 31.3 Å². The van der Waals surface area contributed by atoms with Crippen LogP contribution in [-0.2, 0) is 26.8 Å². The number of aromatic nitrogens is 2. The van der Waals surface area contributed by atoms with E-state index in [-0.39, 0.29) is 29.4 Å². The number of nitro groups is 1. The second kappa shape index (κ2) is 12.3. The summed E-state index contributed by atoms with van der Waals surface area (Å²) in [6, 6.07) is 10.8. The van der Waals surface area contributed by atoms with Crippen molar-refractivity contribution in [2.75, 3.05) is 6.54 Å². The molecule has 12 nitrogen and oxygen atoms in total. The molecule has 1 aliphatic heterocycles. The molecule has 1 aliphatic rings. The van der Waals surface area contributed by atoms with E-state index in [0.717, 1.165) is 17.7 Å².